The third-order valence-electron chi connectivity index (χ3n) is 5.71. The van der Waals surface area contributed by atoms with Crippen LogP contribution in [-0.2, 0) is 10.0 Å². The molecule has 8 heteroatoms. The largest absolute Gasteiger partial charge is 0.374 e. The van der Waals surface area contributed by atoms with Gasteiger partial charge in [-0.05, 0) is 84.3 Å². The molecule has 166 valence electrons. The number of nitrogens with zero attached hydrogens (tertiary/aromatic N) is 4. The fraction of sp³-hybridized carbons (Fsp3) is 0.160. The van der Waals surface area contributed by atoms with Crippen molar-refractivity contribution >= 4 is 38.5 Å². The van der Waals surface area contributed by atoms with E-state index in [-0.39, 0.29) is 10.7 Å². The van der Waals surface area contributed by atoms with E-state index in [4.69, 9.17) is 16.6 Å². The minimum absolute atomic E-state index is 0.0921. The molecule has 0 saturated carbocycles. The van der Waals surface area contributed by atoms with Crippen molar-refractivity contribution in [2.24, 2.45) is 4.36 Å². The Morgan fingerprint density at radius 2 is 1.67 bits per heavy atom. The summed E-state index contributed by atoms with van der Waals surface area (Å²) in [4.78, 5) is 9.44. The van der Waals surface area contributed by atoms with Crippen molar-refractivity contribution < 1.29 is 13.3 Å². The van der Waals surface area contributed by atoms with Gasteiger partial charge in [0.05, 0.1) is 17.3 Å². The van der Waals surface area contributed by atoms with Crippen LogP contribution in [0.4, 0.5) is 5.82 Å². The van der Waals surface area contributed by atoms with Crippen LogP contribution < -0.4 is 4.57 Å². The average molecular weight is 478 g/mol. The van der Waals surface area contributed by atoms with Crippen molar-refractivity contribution in [2.45, 2.75) is 30.1 Å². The summed E-state index contributed by atoms with van der Waals surface area (Å²) < 4.78 is 29.8. The molecule has 2 aromatic carbocycles. The van der Waals surface area contributed by atoms with Gasteiger partial charge in [0, 0.05) is 5.02 Å². The SMILES string of the molecule is O=S(O)(=Nc1nc2ccccc2nc1-[n+]1ccc([C@@H]2CC=CCC2)cc1)c1ccc(Cl)cc1. The first-order valence-electron chi connectivity index (χ1n) is 10.7. The molecule has 0 spiro atoms. The summed E-state index contributed by atoms with van der Waals surface area (Å²) in [5.41, 5.74) is 2.53. The molecule has 0 saturated heterocycles. The summed E-state index contributed by atoms with van der Waals surface area (Å²) in [6.45, 7) is 0. The molecule has 1 unspecified atom stereocenters. The van der Waals surface area contributed by atoms with Crippen LogP contribution in [0, 0.1) is 0 Å². The molecule has 1 N–H and O–H groups in total. The second-order valence-electron chi connectivity index (χ2n) is 7.92. The van der Waals surface area contributed by atoms with E-state index in [9.17, 15) is 8.76 Å². The lowest BCUT2D eigenvalue weighted by Crippen LogP contribution is -2.31. The highest BCUT2D eigenvalue weighted by molar-refractivity contribution is 7.88. The van der Waals surface area contributed by atoms with Gasteiger partial charge in [-0.2, -0.15) is 4.57 Å². The summed E-state index contributed by atoms with van der Waals surface area (Å²) in [6, 6.07) is 17.6. The standard InChI is InChI=1S/C25H21ClN4O2S/c26-20-10-12-21(13-11-20)33(31,32)29-24-25(28-23-9-5-4-8-22(23)27-24)30-16-14-19(15-17-30)18-6-2-1-3-7-18/h1-2,4-5,8-18H,3,6-7H2/p+1/t18-/m1/s1. The third-order valence-corrected chi connectivity index (χ3v) is 7.26. The fourth-order valence-electron chi connectivity index (χ4n) is 3.95. The van der Waals surface area contributed by atoms with Gasteiger partial charge in [-0.1, -0.05) is 35.9 Å². The first kappa shape index (κ1) is 21.7. The number of pyridine rings is 1. The summed E-state index contributed by atoms with van der Waals surface area (Å²) in [5.74, 6) is 0.978. The second-order valence-corrected chi connectivity index (χ2v) is 10.0. The maximum absolute atomic E-state index is 13.1. The number of halogens is 1. The zero-order chi connectivity index (χ0) is 22.8. The zero-order valence-electron chi connectivity index (χ0n) is 17.7. The van der Waals surface area contributed by atoms with Crippen LogP contribution in [-0.4, -0.2) is 18.7 Å². The fourth-order valence-corrected chi connectivity index (χ4v) is 5.02. The Labute approximate surface area is 197 Å². The number of benzene rings is 2. The van der Waals surface area contributed by atoms with E-state index in [0.29, 0.717) is 27.8 Å². The Balaban J connectivity index is 1.62. The minimum atomic E-state index is -3.76. The highest BCUT2D eigenvalue weighted by atomic mass is 35.5. The average Bonchev–Trinajstić information content (AvgIpc) is 2.84. The first-order valence-corrected chi connectivity index (χ1v) is 12.5. The van der Waals surface area contributed by atoms with Crippen molar-refractivity contribution in [3.63, 3.8) is 0 Å². The van der Waals surface area contributed by atoms with Crippen LogP contribution in [0.5, 0.6) is 0 Å². The third kappa shape index (κ3) is 4.66. The van der Waals surface area contributed by atoms with Gasteiger partial charge in [-0.15, -0.1) is 4.36 Å². The van der Waals surface area contributed by atoms with E-state index in [2.05, 4.69) is 33.6 Å². The molecule has 0 fully saturated rings. The molecule has 33 heavy (non-hydrogen) atoms. The van der Waals surface area contributed by atoms with Crippen LogP contribution in [0.15, 0.2) is 94.5 Å². The number of aromatic nitrogens is 3. The summed E-state index contributed by atoms with van der Waals surface area (Å²) in [5, 5.41) is 0.476. The number of allylic oxidation sites excluding steroid dienone is 2. The van der Waals surface area contributed by atoms with E-state index in [1.807, 2.05) is 30.6 Å². The highest BCUT2D eigenvalue weighted by Gasteiger charge is 2.23. The van der Waals surface area contributed by atoms with E-state index >= 15 is 0 Å². The van der Waals surface area contributed by atoms with E-state index in [0.717, 1.165) is 19.3 Å². The van der Waals surface area contributed by atoms with E-state index in [1.54, 1.807) is 22.8 Å². The van der Waals surface area contributed by atoms with Crippen LogP contribution in [0.3, 0.4) is 0 Å². The Morgan fingerprint density at radius 3 is 2.33 bits per heavy atom. The zero-order valence-corrected chi connectivity index (χ0v) is 19.3. The van der Waals surface area contributed by atoms with E-state index in [1.165, 1.54) is 17.7 Å². The number of para-hydroxylation sites is 2. The van der Waals surface area contributed by atoms with Gasteiger partial charge in [-0.25, -0.2) is 9.19 Å². The molecule has 0 aliphatic heterocycles. The van der Waals surface area contributed by atoms with Crippen molar-refractivity contribution in [1.82, 2.24) is 9.97 Å². The first-order chi connectivity index (χ1) is 16.0. The number of hydrogen-bond acceptors (Lipinski definition) is 4. The van der Waals surface area contributed by atoms with Gasteiger partial charge in [0.15, 0.2) is 10.0 Å². The van der Waals surface area contributed by atoms with Crippen molar-refractivity contribution in [3.8, 4) is 5.82 Å². The van der Waals surface area contributed by atoms with E-state index < -0.39 is 10.0 Å². The van der Waals surface area contributed by atoms with Gasteiger partial charge in [-0.3, -0.25) is 4.55 Å². The highest BCUT2D eigenvalue weighted by Crippen LogP contribution is 2.29. The lowest BCUT2D eigenvalue weighted by atomic mass is 9.88. The molecule has 1 aliphatic carbocycles. The smallest absolute Gasteiger partial charge is 0.296 e. The minimum Gasteiger partial charge on any atom is -0.296 e. The van der Waals surface area contributed by atoms with Crippen LogP contribution in [0.25, 0.3) is 16.9 Å². The van der Waals surface area contributed by atoms with Gasteiger partial charge in [0.2, 0.25) is 5.52 Å². The number of rotatable bonds is 4. The molecule has 2 atom stereocenters. The monoisotopic (exact) mass is 477 g/mol. The summed E-state index contributed by atoms with van der Waals surface area (Å²) in [7, 11) is -3.76. The molecule has 0 bridgehead atoms. The Morgan fingerprint density at radius 1 is 0.970 bits per heavy atom. The molecule has 0 radical (unpaired) electrons. The normalized spacial score (nSPS) is 17.6. The molecule has 4 aromatic rings. The topological polar surface area (TPSA) is 79.3 Å². The Hall–Kier alpha value is -3.13. The van der Waals surface area contributed by atoms with Gasteiger partial charge in [0.25, 0.3) is 5.82 Å². The lowest BCUT2D eigenvalue weighted by molar-refractivity contribution is -0.598. The van der Waals surface area contributed by atoms with Gasteiger partial charge >= 0.3 is 5.82 Å². The van der Waals surface area contributed by atoms with Crippen molar-refractivity contribution in [1.29, 1.82) is 0 Å². The maximum atomic E-state index is 13.1. The van der Waals surface area contributed by atoms with Crippen LogP contribution in [0.1, 0.15) is 30.7 Å². The molecule has 1 aliphatic rings. The molecule has 0 amide bonds. The van der Waals surface area contributed by atoms with Crippen molar-refractivity contribution in [2.75, 3.05) is 0 Å². The maximum Gasteiger partial charge on any atom is 0.374 e. The lowest BCUT2D eigenvalue weighted by Gasteiger charge is -2.17. The summed E-state index contributed by atoms with van der Waals surface area (Å²) in [6.07, 6.45) is 11.5. The molecule has 6 nitrogen and oxygen atoms in total. The Bertz CT molecular complexity index is 1460. The predicted octanol–water partition coefficient (Wildman–Crippen LogP) is 6.02. The molecule has 5 rings (SSSR count). The molecule has 2 heterocycles. The molecular formula is C25H22ClN4O2S+. The van der Waals surface area contributed by atoms with Gasteiger partial charge in [0.1, 0.15) is 5.52 Å². The Kier molecular flexibility index (Phi) is 5.93. The quantitative estimate of drug-likeness (QED) is 0.288. The van der Waals surface area contributed by atoms with Crippen LogP contribution in [0.2, 0.25) is 5.02 Å². The number of fused-ring (bicyclic) bond motifs is 1. The number of hydrogen-bond donors (Lipinski definition) is 1. The predicted molar refractivity (Wildman–Crippen MR) is 129 cm³/mol. The molecular weight excluding hydrogens is 456 g/mol. The van der Waals surface area contributed by atoms with Crippen LogP contribution >= 0.6 is 11.6 Å². The second kappa shape index (κ2) is 9.02. The van der Waals surface area contributed by atoms with Gasteiger partial charge < -0.3 is 0 Å². The van der Waals surface area contributed by atoms with Crippen molar-refractivity contribution in [3.05, 3.63) is 95.8 Å². The molecule has 2 aromatic heterocycles. The summed E-state index contributed by atoms with van der Waals surface area (Å²) >= 11 is 5.93.